The number of phosphoric ester groups is 1. The molecule has 0 amide bonds. The van der Waals surface area contributed by atoms with E-state index in [0.29, 0.717) is 42.5 Å². The highest BCUT2D eigenvalue weighted by Gasteiger charge is 2.35. The highest BCUT2D eigenvalue weighted by molar-refractivity contribution is 7.45. The van der Waals surface area contributed by atoms with Gasteiger partial charge in [-0.15, -0.1) is 0 Å². The molecule has 0 saturated carbocycles. The lowest BCUT2D eigenvalue weighted by atomic mass is 10.1. The van der Waals surface area contributed by atoms with Crippen molar-refractivity contribution in [2.75, 3.05) is 47.5 Å². The normalized spacial score (nSPS) is 17.9. The van der Waals surface area contributed by atoms with Crippen molar-refractivity contribution in [2.24, 2.45) is 0 Å². The van der Waals surface area contributed by atoms with E-state index in [1.165, 1.54) is 32.1 Å². The maximum Gasteiger partial charge on any atom is 0.306 e. The minimum atomic E-state index is -4.65. The first-order valence-corrected chi connectivity index (χ1v) is 22.6. The molecule has 1 heterocycles. The van der Waals surface area contributed by atoms with E-state index in [1.807, 2.05) is 27.2 Å². The van der Waals surface area contributed by atoms with Crippen LogP contribution < -0.4 is 4.89 Å². The molecular formula is C44H76NO9P. The van der Waals surface area contributed by atoms with Crippen LogP contribution in [0.3, 0.4) is 0 Å². The predicted molar refractivity (Wildman–Crippen MR) is 221 cm³/mol. The molecule has 0 bridgehead atoms. The number of nitrogens with zero attached hydrogens (tertiary/aromatic N) is 1. The summed E-state index contributed by atoms with van der Waals surface area (Å²) < 4.78 is 39.4. The molecule has 1 saturated heterocycles. The lowest BCUT2D eigenvalue weighted by Crippen LogP contribution is -2.37. The van der Waals surface area contributed by atoms with Crippen molar-refractivity contribution < 1.29 is 46.8 Å². The summed E-state index contributed by atoms with van der Waals surface area (Å²) in [4.78, 5) is 37.5. The summed E-state index contributed by atoms with van der Waals surface area (Å²) in [5.74, 6) is -0.924. The van der Waals surface area contributed by atoms with Crippen molar-refractivity contribution in [3.8, 4) is 0 Å². The number of rotatable bonds is 36. The van der Waals surface area contributed by atoms with E-state index in [2.05, 4.69) is 68.5 Å². The fraction of sp³-hybridized carbons (Fsp3) is 0.727. The number of quaternary nitrogens is 1. The highest BCUT2D eigenvalue weighted by Crippen LogP contribution is 2.38. The number of esters is 2. The summed E-state index contributed by atoms with van der Waals surface area (Å²) in [5.41, 5.74) is 0. The molecule has 1 aliphatic heterocycles. The zero-order chi connectivity index (χ0) is 40.5. The SMILES string of the molecule is CC/C=C\CC1OC1C/C=C\C/C=C\C/C=C\CCCC(=O)OC(COC(=O)CCCCCCC/C=C\CCCCCC)COP(=O)([O-])OCC[N+](C)(C)C. The average molecular weight is 794 g/mol. The Kier molecular flexibility index (Phi) is 30.2. The average Bonchev–Trinajstić information content (AvgIpc) is 3.89. The number of ether oxygens (including phenoxy) is 3. The molecule has 1 rings (SSSR count). The van der Waals surface area contributed by atoms with E-state index in [0.717, 1.165) is 64.2 Å². The van der Waals surface area contributed by atoms with Gasteiger partial charge in [0.05, 0.1) is 40.0 Å². The van der Waals surface area contributed by atoms with Gasteiger partial charge in [-0.05, 0) is 77.0 Å². The van der Waals surface area contributed by atoms with Gasteiger partial charge in [-0.25, -0.2) is 0 Å². The monoisotopic (exact) mass is 794 g/mol. The fourth-order valence-corrected chi connectivity index (χ4v) is 6.22. The number of unbranched alkanes of at least 4 members (excludes halogenated alkanes) is 10. The first-order valence-electron chi connectivity index (χ1n) is 21.1. The first-order chi connectivity index (χ1) is 26.5. The maximum atomic E-state index is 12.6. The third-order valence-corrected chi connectivity index (χ3v) is 9.89. The zero-order valence-electron chi connectivity index (χ0n) is 35.0. The minimum absolute atomic E-state index is 0.0475. The molecule has 0 aromatic rings. The molecule has 4 atom stereocenters. The van der Waals surface area contributed by atoms with Gasteiger partial charge in [0.15, 0.2) is 6.10 Å². The molecule has 1 aliphatic rings. The lowest BCUT2D eigenvalue weighted by Gasteiger charge is -2.28. The van der Waals surface area contributed by atoms with Gasteiger partial charge in [0, 0.05) is 12.8 Å². The molecule has 0 N–H and O–H groups in total. The Bertz CT molecular complexity index is 1190. The van der Waals surface area contributed by atoms with Crippen LogP contribution in [-0.4, -0.2) is 82.2 Å². The number of phosphoric acid groups is 1. The lowest BCUT2D eigenvalue weighted by molar-refractivity contribution is -0.870. The molecule has 1 fully saturated rings. The van der Waals surface area contributed by atoms with Crippen LogP contribution in [0.5, 0.6) is 0 Å². The number of hydrogen-bond donors (Lipinski definition) is 0. The van der Waals surface area contributed by atoms with Crippen LogP contribution in [0.1, 0.15) is 142 Å². The number of hydrogen-bond acceptors (Lipinski definition) is 9. The molecule has 0 aromatic heterocycles. The topological polar surface area (TPSA) is 124 Å². The number of allylic oxidation sites excluding steroid dienone is 8. The second kappa shape index (κ2) is 32.7. The van der Waals surface area contributed by atoms with Crippen LogP contribution in [0.25, 0.3) is 0 Å². The number of carbonyl (C=O) groups is 2. The van der Waals surface area contributed by atoms with Gasteiger partial charge in [-0.1, -0.05) is 113 Å². The van der Waals surface area contributed by atoms with E-state index in [4.69, 9.17) is 23.3 Å². The summed E-state index contributed by atoms with van der Waals surface area (Å²) in [6.45, 7) is 3.99. The van der Waals surface area contributed by atoms with Crippen LogP contribution in [-0.2, 0) is 37.4 Å². The van der Waals surface area contributed by atoms with Crippen LogP contribution in [0, 0.1) is 0 Å². The fourth-order valence-electron chi connectivity index (χ4n) is 5.49. The second-order valence-corrected chi connectivity index (χ2v) is 16.8. The molecular weight excluding hydrogens is 717 g/mol. The molecule has 55 heavy (non-hydrogen) atoms. The Hall–Kier alpha value is -2.33. The van der Waals surface area contributed by atoms with Crippen molar-refractivity contribution >= 4 is 19.8 Å². The molecule has 0 aromatic carbocycles. The Morgan fingerprint density at radius 2 is 1.22 bits per heavy atom. The molecule has 4 unspecified atom stereocenters. The molecule has 11 heteroatoms. The van der Waals surface area contributed by atoms with Gasteiger partial charge in [0.25, 0.3) is 7.82 Å². The third kappa shape index (κ3) is 33.5. The van der Waals surface area contributed by atoms with Crippen molar-refractivity contribution in [1.29, 1.82) is 0 Å². The van der Waals surface area contributed by atoms with E-state index in [9.17, 15) is 19.0 Å². The van der Waals surface area contributed by atoms with Crippen LogP contribution in [0.2, 0.25) is 0 Å². The van der Waals surface area contributed by atoms with Crippen LogP contribution in [0.15, 0.2) is 60.8 Å². The van der Waals surface area contributed by atoms with Gasteiger partial charge < -0.3 is 32.6 Å². The third-order valence-electron chi connectivity index (χ3n) is 8.92. The number of epoxide rings is 1. The molecule has 0 spiro atoms. The standard InChI is InChI=1S/C44H76NO9P/c1-6-8-10-11-12-13-14-15-16-20-23-26-30-34-43(46)50-38-40(39-52-55(48,49)51-37-36-45(3,4)5)53-44(47)35-31-27-24-21-18-17-19-22-25-29-33-42-41(54-42)32-28-9-7-2/h9,13-14,17,19,21,24-25,28-29,40-42H,6-8,10-12,15-16,18,20,22-23,26-27,30-39H2,1-5H3/b14-13-,19-17-,24-21-,28-9-,29-25-. The molecule has 10 nitrogen and oxygen atoms in total. The van der Waals surface area contributed by atoms with Crippen molar-refractivity contribution in [1.82, 2.24) is 0 Å². The Morgan fingerprint density at radius 3 is 1.87 bits per heavy atom. The van der Waals surface area contributed by atoms with E-state index in [-0.39, 0.29) is 26.1 Å². The summed E-state index contributed by atoms with van der Waals surface area (Å²) in [6.07, 6.45) is 40.1. The Labute approximate surface area is 334 Å². The van der Waals surface area contributed by atoms with Gasteiger partial charge in [-0.2, -0.15) is 0 Å². The molecule has 316 valence electrons. The Balaban J connectivity index is 2.35. The van der Waals surface area contributed by atoms with Gasteiger partial charge >= 0.3 is 11.9 Å². The number of likely N-dealkylation sites (N-methyl/N-ethyl adjacent to an activating group) is 1. The zero-order valence-corrected chi connectivity index (χ0v) is 35.9. The molecule has 0 aliphatic carbocycles. The highest BCUT2D eigenvalue weighted by atomic mass is 31.2. The van der Waals surface area contributed by atoms with Gasteiger partial charge in [-0.3, -0.25) is 14.2 Å². The van der Waals surface area contributed by atoms with Gasteiger partial charge in [0.1, 0.15) is 19.8 Å². The molecule has 0 radical (unpaired) electrons. The van der Waals surface area contributed by atoms with E-state index >= 15 is 0 Å². The van der Waals surface area contributed by atoms with E-state index in [1.54, 1.807) is 0 Å². The summed E-state index contributed by atoms with van der Waals surface area (Å²) in [5, 5.41) is 0. The van der Waals surface area contributed by atoms with E-state index < -0.39 is 32.5 Å². The summed E-state index contributed by atoms with van der Waals surface area (Å²) in [6, 6.07) is 0. The smallest absolute Gasteiger partial charge is 0.306 e. The van der Waals surface area contributed by atoms with Crippen molar-refractivity contribution in [3.05, 3.63) is 60.8 Å². The second-order valence-electron chi connectivity index (χ2n) is 15.4. The largest absolute Gasteiger partial charge is 0.756 e. The Morgan fingerprint density at radius 1 is 0.673 bits per heavy atom. The van der Waals surface area contributed by atoms with Crippen molar-refractivity contribution in [2.45, 2.75) is 161 Å². The van der Waals surface area contributed by atoms with Crippen LogP contribution in [0.4, 0.5) is 0 Å². The summed E-state index contributed by atoms with van der Waals surface area (Å²) >= 11 is 0. The number of carbonyl (C=O) groups excluding carboxylic acids is 2. The minimum Gasteiger partial charge on any atom is -0.756 e. The first kappa shape index (κ1) is 50.7. The maximum absolute atomic E-state index is 12.6. The quantitative estimate of drug-likeness (QED) is 0.0152. The van der Waals surface area contributed by atoms with Gasteiger partial charge in [0.2, 0.25) is 0 Å². The predicted octanol–water partition coefficient (Wildman–Crippen LogP) is 10.0. The van der Waals surface area contributed by atoms with Crippen LogP contribution >= 0.6 is 7.82 Å². The summed E-state index contributed by atoms with van der Waals surface area (Å²) in [7, 11) is 1.11. The van der Waals surface area contributed by atoms with Crippen molar-refractivity contribution in [3.63, 3.8) is 0 Å².